The van der Waals surface area contributed by atoms with Crippen LogP contribution in [0.25, 0.3) is 5.70 Å². The predicted molar refractivity (Wildman–Crippen MR) is 63.2 cm³/mol. The summed E-state index contributed by atoms with van der Waals surface area (Å²) in [5.74, 6) is 0. The molecule has 2 nitrogen and oxygen atoms in total. The standard InChI is InChI=1S/C12H18N2/c1-4-8-14(3)12-7-5-6-11(9-12)10(2)13/h5-7,9H,2,4,8,13H2,1,3H3. The molecule has 0 bridgehead atoms. The van der Waals surface area contributed by atoms with Gasteiger partial charge in [0.2, 0.25) is 0 Å². The van der Waals surface area contributed by atoms with E-state index >= 15 is 0 Å². The molecule has 0 spiro atoms. The van der Waals surface area contributed by atoms with Gasteiger partial charge in [-0.25, -0.2) is 0 Å². The van der Waals surface area contributed by atoms with Crippen LogP contribution in [0.3, 0.4) is 0 Å². The molecule has 2 heteroatoms. The van der Waals surface area contributed by atoms with Gasteiger partial charge in [-0.2, -0.15) is 0 Å². The molecule has 0 unspecified atom stereocenters. The third-order valence-corrected chi connectivity index (χ3v) is 2.22. The van der Waals surface area contributed by atoms with Crippen LogP contribution in [0.5, 0.6) is 0 Å². The van der Waals surface area contributed by atoms with E-state index in [-0.39, 0.29) is 0 Å². The van der Waals surface area contributed by atoms with Gasteiger partial charge in [0.15, 0.2) is 0 Å². The normalized spacial score (nSPS) is 9.86. The minimum absolute atomic E-state index is 0.622. The van der Waals surface area contributed by atoms with E-state index in [1.807, 2.05) is 12.1 Å². The highest BCUT2D eigenvalue weighted by Crippen LogP contribution is 2.17. The second-order valence-corrected chi connectivity index (χ2v) is 3.50. The van der Waals surface area contributed by atoms with Gasteiger partial charge < -0.3 is 10.6 Å². The summed E-state index contributed by atoms with van der Waals surface area (Å²) in [4.78, 5) is 2.21. The summed E-state index contributed by atoms with van der Waals surface area (Å²) in [5, 5.41) is 0. The molecular weight excluding hydrogens is 172 g/mol. The summed E-state index contributed by atoms with van der Waals surface area (Å²) in [6, 6.07) is 8.14. The lowest BCUT2D eigenvalue weighted by Crippen LogP contribution is -2.17. The van der Waals surface area contributed by atoms with Gasteiger partial charge in [0.1, 0.15) is 0 Å². The SMILES string of the molecule is C=C(N)c1cccc(N(C)CCC)c1. The lowest BCUT2D eigenvalue weighted by atomic mass is 10.1. The third-order valence-electron chi connectivity index (χ3n) is 2.22. The topological polar surface area (TPSA) is 29.3 Å². The van der Waals surface area contributed by atoms with E-state index in [1.165, 1.54) is 5.69 Å². The van der Waals surface area contributed by atoms with Gasteiger partial charge in [0.25, 0.3) is 0 Å². The van der Waals surface area contributed by atoms with Crippen LogP contribution in [0, 0.1) is 0 Å². The number of rotatable bonds is 4. The molecule has 0 amide bonds. The number of anilines is 1. The van der Waals surface area contributed by atoms with Gasteiger partial charge in [0.05, 0.1) is 0 Å². The van der Waals surface area contributed by atoms with Crippen molar-refractivity contribution in [2.45, 2.75) is 13.3 Å². The predicted octanol–water partition coefficient (Wildman–Crippen LogP) is 2.46. The second-order valence-electron chi connectivity index (χ2n) is 3.50. The molecule has 0 saturated carbocycles. The molecule has 2 N–H and O–H groups in total. The minimum atomic E-state index is 0.622. The number of nitrogens with two attached hydrogens (primary N) is 1. The van der Waals surface area contributed by atoms with Crippen molar-refractivity contribution in [3.05, 3.63) is 36.4 Å². The van der Waals surface area contributed by atoms with E-state index < -0.39 is 0 Å². The van der Waals surface area contributed by atoms with Gasteiger partial charge >= 0.3 is 0 Å². The summed E-state index contributed by atoms with van der Waals surface area (Å²) in [7, 11) is 2.09. The summed E-state index contributed by atoms with van der Waals surface area (Å²) in [5.41, 5.74) is 8.46. The van der Waals surface area contributed by atoms with E-state index in [0.29, 0.717) is 5.70 Å². The Kier molecular flexibility index (Phi) is 3.57. The highest BCUT2D eigenvalue weighted by Gasteiger charge is 2.00. The van der Waals surface area contributed by atoms with Crippen molar-refractivity contribution in [1.82, 2.24) is 0 Å². The molecule has 1 aromatic rings. The highest BCUT2D eigenvalue weighted by molar-refractivity contribution is 5.65. The molecule has 76 valence electrons. The summed E-state index contributed by atoms with van der Waals surface area (Å²) < 4.78 is 0. The molecule has 14 heavy (non-hydrogen) atoms. The Labute approximate surface area is 86.0 Å². The zero-order chi connectivity index (χ0) is 10.6. The van der Waals surface area contributed by atoms with Crippen LogP contribution in [0.1, 0.15) is 18.9 Å². The fourth-order valence-corrected chi connectivity index (χ4v) is 1.41. The summed E-state index contributed by atoms with van der Waals surface area (Å²) >= 11 is 0. The lowest BCUT2D eigenvalue weighted by Gasteiger charge is -2.18. The number of benzene rings is 1. The minimum Gasteiger partial charge on any atom is -0.399 e. The Balaban J connectivity index is 2.87. The maximum absolute atomic E-state index is 5.64. The molecule has 0 heterocycles. The smallest absolute Gasteiger partial charge is 0.0370 e. The molecule has 0 aromatic heterocycles. The van der Waals surface area contributed by atoms with Crippen LogP contribution in [-0.4, -0.2) is 13.6 Å². The average Bonchev–Trinajstić information content (AvgIpc) is 2.18. The molecular formula is C12H18N2. The van der Waals surface area contributed by atoms with Gasteiger partial charge in [-0.3, -0.25) is 0 Å². The van der Waals surface area contributed by atoms with Gasteiger partial charge in [-0.05, 0) is 24.1 Å². The molecule has 1 aromatic carbocycles. The third kappa shape index (κ3) is 2.52. The Morgan fingerprint density at radius 1 is 1.50 bits per heavy atom. The van der Waals surface area contributed by atoms with Crippen LogP contribution in [0.15, 0.2) is 30.8 Å². The van der Waals surface area contributed by atoms with E-state index in [4.69, 9.17) is 5.73 Å². The van der Waals surface area contributed by atoms with Gasteiger partial charge in [0, 0.05) is 25.0 Å². The zero-order valence-electron chi connectivity index (χ0n) is 8.96. The molecule has 0 aliphatic carbocycles. The second kappa shape index (κ2) is 4.70. The Bertz CT molecular complexity index is 318. The number of hydrogen-bond donors (Lipinski definition) is 1. The van der Waals surface area contributed by atoms with Crippen molar-refractivity contribution in [3.63, 3.8) is 0 Å². The fourth-order valence-electron chi connectivity index (χ4n) is 1.41. The molecule has 0 radical (unpaired) electrons. The monoisotopic (exact) mass is 190 g/mol. The average molecular weight is 190 g/mol. The first-order valence-electron chi connectivity index (χ1n) is 4.91. The Morgan fingerprint density at radius 2 is 2.21 bits per heavy atom. The van der Waals surface area contributed by atoms with Crippen LogP contribution >= 0.6 is 0 Å². The lowest BCUT2D eigenvalue weighted by molar-refractivity contribution is 0.852. The van der Waals surface area contributed by atoms with E-state index in [9.17, 15) is 0 Å². The maximum atomic E-state index is 5.64. The van der Waals surface area contributed by atoms with Crippen LogP contribution in [-0.2, 0) is 0 Å². The van der Waals surface area contributed by atoms with Crippen molar-refractivity contribution in [1.29, 1.82) is 0 Å². The first-order valence-corrected chi connectivity index (χ1v) is 4.91. The summed E-state index contributed by atoms with van der Waals surface area (Å²) in [6.07, 6.45) is 1.14. The Hall–Kier alpha value is -1.44. The summed E-state index contributed by atoms with van der Waals surface area (Å²) in [6.45, 7) is 6.96. The van der Waals surface area contributed by atoms with Crippen LogP contribution < -0.4 is 10.6 Å². The molecule has 0 atom stereocenters. The molecule has 0 saturated heterocycles. The zero-order valence-corrected chi connectivity index (χ0v) is 8.96. The molecule has 1 rings (SSSR count). The van der Waals surface area contributed by atoms with E-state index in [1.54, 1.807) is 0 Å². The van der Waals surface area contributed by atoms with Crippen molar-refractivity contribution >= 4 is 11.4 Å². The van der Waals surface area contributed by atoms with Crippen molar-refractivity contribution < 1.29 is 0 Å². The molecule has 0 aliphatic rings. The number of nitrogens with zero attached hydrogens (tertiary/aromatic N) is 1. The first kappa shape index (κ1) is 10.6. The quantitative estimate of drug-likeness (QED) is 0.790. The van der Waals surface area contributed by atoms with E-state index in [2.05, 4.69) is 37.6 Å². The molecule has 0 fully saturated rings. The number of hydrogen-bond acceptors (Lipinski definition) is 2. The van der Waals surface area contributed by atoms with E-state index in [0.717, 1.165) is 18.5 Å². The van der Waals surface area contributed by atoms with Gasteiger partial charge in [-0.15, -0.1) is 0 Å². The fraction of sp³-hybridized carbons (Fsp3) is 0.333. The van der Waals surface area contributed by atoms with Crippen LogP contribution in [0.4, 0.5) is 5.69 Å². The molecule has 0 aliphatic heterocycles. The first-order chi connectivity index (χ1) is 6.65. The van der Waals surface area contributed by atoms with Crippen molar-refractivity contribution in [3.8, 4) is 0 Å². The van der Waals surface area contributed by atoms with Crippen molar-refractivity contribution in [2.75, 3.05) is 18.5 Å². The Morgan fingerprint density at radius 3 is 2.79 bits per heavy atom. The largest absolute Gasteiger partial charge is 0.399 e. The van der Waals surface area contributed by atoms with Gasteiger partial charge in [-0.1, -0.05) is 25.6 Å². The highest BCUT2D eigenvalue weighted by atomic mass is 15.1. The van der Waals surface area contributed by atoms with Crippen molar-refractivity contribution in [2.24, 2.45) is 5.73 Å². The van der Waals surface area contributed by atoms with Crippen LogP contribution in [0.2, 0.25) is 0 Å². The maximum Gasteiger partial charge on any atom is 0.0370 e.